The predicted octanol–water partition coefficient (Wildman–Crippen LogP) is 5.35. The van der Waals surface area contributed by atoms with Crippen molar-refractivity contribution in [2.24, 2.45) is 10.5 Å². The van der Waals surface area contributed by atoms with Crippen molar-refractivity contribution in [3.63, 3.8) is 0 Å². The molecule has 0 spiro atoms. The van der Waals surface area contributed by atoms with Crippen LogP contribution in [0.4, 0.5) is 0 Å². The van der Waals surface area contributed by atoms with Gasteiger partial charge in [0.05, 0.1) is 26.0 Å². The van der Waals surface area contributed by atoms with E-state index < -0.39 is 26.7 Å². The standard InChI is InChI=1S/C28H33Cl2N3O5S/c1-6-25(21-16-19(29)8-9-22(21)30)39(35,36)32-13-11-20(12-14-32)33-26(17-34)28(2,3)27(31-33)18-7-10-23(37-4)24(15-18)38-5/h6-10,15-17,20,25-26H,1,11-14H2,2-5H3. The number of hydrogen-bond acceptors (Lipinski definition) is 7. The smallest absolute Gasteiger partial charge is 0.224 e. The number of carbonyl (C=O) groups excluding carboxylic acids is 1. The number of rotatable bonds is 9. The first-order valence-electron chi connectivity index (χ1n) is 12.6. The zero-order chi connectivity index (χ0) is 28.5. The van der Waals surface area contributed by atoms with Gasteiger partial charge in [-0.3, -0.25) is 5.01 Å². The van der Waals surface area contributed by atoms with Gasteiger partial charge in [-0.15, -0.1) is 6.58 Å². The minimum absolute atomic E-state index is 0.111. The van der Waals surface area contributed by atoms with E-state index >= 15 is 0 Å². The molecule has 1 saturated heterocycles. The summed E-state index contributed by atoms with van der Waals surface area (Å²) in [5.41, 5.74) is 1.41. The summed E-state index contributed by atoms with van der Waals surface area (Å²) >= 11 is 12.4. The van der Waals surface area contributed by atoms with Gasteiger partial charge in [-0.1, -0.05) is 43.1 Å². The van der Waals surface area contributed by atoms with Crippen molar-refractivity contribution in [2.75, 3.05) is 27.3 Å². The predicted molar refractivity (Wildman–Crippen MR) is 154 cm³/mol. The molecule has 0 amide bonds. The summed E-state index contributed by atoms with van der Waals surface area (Å²) in [5, 5.41) is 6.47. The first-order chi connectivity index (χ1) is 18.5. The number of sulfonamides is 1. The largest absolute Gasteiger partial charge is 0.493 e. The number of nitrogens with zero attached hydrogens (tertiary/aromatic N) is 3. The van der Waals surface area contributed by atoms with Crippen LogP contribution in [0.15, 0.2) is 54.2 Å². The molecule has 2 unspecified atom stereocenters. The number of piperidine rings is 1. The van der Waals surface area contributed by atoms with Crippen molar-refractivity contribution < 1.29 is 22.7 Å². The lowest BCUT2D eigenvalue weighted by Gasteiger charge is -2.39. The van der Waals surface area contributed by atoms with Crippen molar-refractivity contribution in [1.82, 2.24) is 9.31 Å². The van der Waals surface area contributed by atoms with E-state index in [0.29, 0.717) is 39.9 Å². The quantitative estimate of drug-likeness (QED) is 0.288. The van der Waals surface area contributed by atoms with Crippen LogP contribution in [-0.4, -0.2) is 69.1 Å². The lowest BCUT2D eigenvalue weighted by molar-refractivity contribution is -0.115. The average molecular weight is 595 g/mol. The Morgan fingerprint density at radius 2 is 1.74 bits per heavy atom. The fourth-order valence-corrected chi connectivity index (χ4v) is 7.68. The van der Waals surface area contributed by atoms with E-state index in [1.54, 1.807) is 32.4 Å². The molecule has 2 aliphatic heterocycles. The van der Waals surface area contributed by atoms with Crippen LogP contribution in [0.2, 0.25) is 10.0 Å². The number of hydrazone groups is 1. The summed E-state index contributed by atoms with van der Waals surface area (Å²) in [4.78, 5) is 12.3. The lowest BCUT2D eigenvalue weighted by atomic mass is 9.78. The van der Waals surface area contributed by atoms with Gasteiger partial charge in [0.2, 0.25) is 10.0 Å². The maximum Gasteiger partial charge on any atom is 0.224 e. The summed E-state index contributed by atoms with van der Waals surface area (Å²) in [6, 6.07) is 9.72. The SMILES string of the molecule is C=CC(c1cc(Cl)ccc1Cl)S(=O)(=O)N1CCC(N2N=C(c3ccc(OC)c(OC)c3)C(C)(C)C2C=O)CC1. The molecule has 0 saturated carbocycles. The molecule has 39 heavy (non-hydrogen) atoms. The van der Waals surface area contributed by atoms with Crippen LogP contribution in [0.3, 0.4) is 0 Å². The Morgan fingerprint density at radius 1 is 1.08 bits per heavy atom. The average Bonchev–Trinajstić information content (AvgIpc) is 3.20. The summed E-state index contributed by atoms with van der Waals surface area (Å²) in [6.45, 7) is 8.29. The third-order valence-corrected chi connectivity index (χ3v) is 10.3. The van der Waals surface area contributed by atoms with Crippen LogP contribution in [0.5, 0.6) is 11.5 Å². The van der Waals surface area contributed by atoms with Gasteiger partial charge in [0.1, 0.15) is 17.6 Å². The number of ether oxygens (including phenoxy) is 2. The van der Waals surface area contributed by atoms with Crippen molar-refractivity contribution in [1.29, 1.82) is 0 Å². The van der Waals surface area contributed by atoms with Crippen molar-refractivity contribution in [2.45, 2.75) is 44.0 Å². The Hall–Kier alpha value is -2.59. The summed E-state index contributed by atoms with van der Waals surface area (Å²) < 4.78 is 39.5. The van der Waals surface area contributed by atoms with Crippen LogP contribution < -0.4 is 9.47 Å². The van der Waals surface area contributed by atoms with Crippen molar-refractivity contribution in [3.8, 4) is 11.5 Å². The number of carbonyl (C=O) groups is 1. The molecule has 0 radical (unpaired) electrons. The zero-order valence-electron chi connectivity index (χ0n) is 22.4. The third kappa shape index (κ3) is 5.42. The Balaban J connectivity index is 1.57. The molecule has 0 bridgehead atoms. The van der Waals surface area contributed by atoms with E-state index in [4.69, 9.17) is 37.8 Å². The lowest BCUT2D eigenvalue weighted by Crippen LogP contribution is -2.50. The first-order valence-corrected chi connectivity index (χ1v) is 14.9. The Morgan fingerprint density at radius 3 is 2.33 bits per heavy atom. The van der Waals surface area contributed by atoms with Crippen molar-refractivity contribution >= 4 is 45.2 Å². The Bertz CT molecular complexity index is 1390. The Kier molecular flexibility index (Phi) is 8.66. The molecule has 210 valence electrons. The molecule has 0 aromatic heterocycles. The molecular weight excluding hydrogens is 561 g/mol. The molecular formula is C28H33Cl2N3O5S. The van der Waals surface area contributed by atoms with Gasteiger partial charge in [-0.2, -0.15) is 5.10 Å². The second-order valence-corrected chi connectivity index (χ2v) is 13.1. The first kappa shape index (κ1) is 29.4. The molecule has 2 aliphatic rings. The van der Waals surface area contributed by atoms with Gasteiger partial charge in [0, 0.05) is 34.1 Å². The molecule has 2 atom stereocenters. The van der Waals surface area contributed by atoms with Crippen LogP contribution in [-0.2, 0) is 14.8 Å². The van der Waals surface area contributed by atoms with Crippen LogP contribution in [0.1, 0.15) is 43.1 Å². The number of methoxy groups -OCH3 is 2. The fraction of sp³-hybridized carbons (Fsp3) is 0.429. The molecule has 2 aromatic rings. The van der Waals surface area contributed by atoms with Gasteiger partial charge >= 0.3 is 0 Å². The van der Waals surface area contributed by atoms with Gasteiger partial charge in [0.15, 0.2) is 11.5 Å². The summed E-state index contributed by atoms with van der Waals surface area (Å²) in [5.74, 6) is 1.18. The van der Waals surface area contributed by atoms with E-state index in [1.165, 1.54) is 10.4 Å². The van der Waals surface area contributed by atoms with Crippen LogP contribution in [0.25, 0.3) is 0 Å². The van der Waals surface area contributed by atoms with E-state index in [0.717, 1.165) is 17.6 Å². The minimum Gasteiger partial charge on any atom is -0.493 e. The van der Waals surface area contributed by atoms with Crippen molar-refractivity contribution in [3.05, 3.63) is 70.2 Å². The molecule has 8 nitrogen and oxygen atoms in total. The normalized spacial score (nSPS) is 20.8. The number of halogens is 2. The second kappa shape index (κ2) is 11.5. The maximum absolute atomic E-state index is 13.6. The van der Waals surface area contributed by atoms with Gasteiger partial charge in [0.25, 0.3) is 0 Å². The number of benzene rings is 2. The van der Waals surface area contributed by atoms with Crippen LogP contribution >= 0.6 is 23.2 Å². The highest BCUT2D eigenvalue weighted by molar-refractivity contribution is 7.89. The molecule has 2 aromatic carbocycles. The van der Waals surface area contributed by atoms with Crippen LogP contribution in [0, 0.1) is 5.41 Å². The number of hydrogen-bond donors (Lipinski definition) is 0. The molecule has 4 rings (SSSR count). The molecule has 0 N–H and O–H groups in total. The highest BCUT2D eigenvalue weighted by atomic mass is 35.5. The van der Waals surface area contributed by atoms with Gasteiger partial charge < -0.3 is 14.3 Å². The molecule has 0 aliphatic carbocycles. The maximum atomic E-state index is 13.6. The van der Waals surface area contributed by atoms with Gasteiger partial charge in [-0.25, -0.2) is 12.7 Å². The summed E-state index contributed by atoms with van der Waals surface area (Å²) in [7, 11) is -0.653. The number of aldehydes is 1. The summed E-state index contributed by atoms with van der Waals surface area (Å²) in [6.07, 6.45) is 3.32. The highest BCUT2D eigenvalue weighted by Gasteiger charge is 2.48. The fourth-order valence-electron chi connectivity index (χ4n) is 5.40. The zero-order valence-corrected chi connectivity index (χ0v) is 24.8. The second-order valence-electron chi connectivity index (χ2n) is 10.2. The minimum atomic E-state index is -3.80. The van der Waals surface area contributed by atoms with Gasteiger partial charge in [-0.05, 0) is 54.8 Å². The van der Waals surface area contributed by atoms with E-state index in [2.05, 4.69) is 6.58 Å². The third-order valence-electron chi connectivity index (χ3n) is 7.59. The van der Waals surface area contributed by atoms with E-state index in [-0.39, 0.29) is 19.1 Å². The molecule has 2 heterocycles. The van der Waals surface area contributed by atoms with E-state index in [9.17, 15) is 13.2 Å². The molecule has 1 fully saturated rings. The van der Waals surface area contributed by atoms with E-state index in [1.807, 2.05) is 37.1 Å². The Labute approximate surface area is 240 Å². The molecule has 11 heteroatoms. The monoisotopic (exact) mass is 593 g/mol. The topological polar surface area (TPSA) is 88.5 Å². The highest BCUT2D eigenvalue weighted by Crippen LogP contribution is 2.41.